The maximum absolute atomic E-state index is 13.0. The van der Waals surface area contributed by atoms with Crippen molar-refractivity contribution in [2.24, 2.45) is 5.92 Å². The van der Waals surface area contributed by atoms with Gasteiger partial charge in [-0.3, -0.25) is 9.59 Å². The van der Waals surface area contributed by atoms with Crippen LogP contribution in [0.25, 0.3) is 22.4 Å². The number of carbonyl (C=O) groups is 2. The average molecular weight is 483 g/mol. The molecule has 2 aromatic carbocycles. The van der Waals surface area contributed by atoms with Crippen LogP contribution in [0.2, 0.25) is 0 Å². The fourth-order valence-corrected chi connectivity index (χ4v) is 5.24. The summed E-state index contributed by atoms with van der Waals surface area (Å²) in [7, 11) is -1.37. The summed E-state index contributed by atoms with van der Waals surface area (Å²) in [6.07, 6.45) is 2.95. The van der Waals surface area contributed by atoms with Gasteiger partial charge in [0.15, 0.2) is 0 Å². The zero-order valence-electron chi connectivity index (χ0n) is 19.6. The summed E-state index contributed by atoms with van der Waals surface area (Å²) in [6, 6.07) is 13.0. The van der Waals surface area contributed by atoms with Crippen LogP contribution in [0, 0.1) is 5.92 Å². The Morgan fingerprint density at radius 1 is 1.09 bits per heavy atom. The summed E-state index contributed by atoms with van der Waals surface area (Å²) in [5, 5.41) is 2.75. The number of H-pyrrole nitrogens is 1. The van der Waals surface area contributed by atoms with E-state index < -0.39 is 11.0 Å². The van der Waals surface area contributed by atoms with Gasteiger partial charge in [-0.2, -0.15) is 0 Å². The van der Waals surface area contributed by atoms with E-state index in [0.29, 0.717) is 10.7 Å². The second-order valence-corrected chi connectivity index (χ2v) is 10.2. The van der Waals surface area contributed by atoms with Crippen LogP contribution in [0.5, 0.6) is 0 Å². The number of hydrogen-bond donors (Lipinski definition) is 3. The van der Waals surface area contributed by atoms with Crippen molar-refractivity contribution in [1.82, 2.24) is 14.7 Å². The SMILES string of the molecule is CC(=O)Nc1ccc(-c2nc3ccc(S(=O)NC4CCC(C(=O)OC(C)C)CC4)cc3[nH]2)cc1. The lowest BCUT2D eigenvalue weighted by atomic mass is 9.86. The first-order chi connectivity index (χ1) is 16.3. The van der Waals surface area contributed by atoms with Gasteiger partial charge >= 0.3 is 5.97 Å². The molecule has 0 radical (unpaired) electrons. The molecule has 3 aromatic rings. The Bertz CT molecular complexity index is 1200. The van der Waals surface area contributed by atoms with E-state index in [1.54, 1.807) is 0 Å². The minimum absolute atomic E-state index is 0.0686. The Balaban J connectivity index is 1.39. The molecule has 1 fully saturated rings. The number of anilines is 1. The number of amides is 1. The van der Waals surface area contributed by atoms with Crippen LogP contribution in [0.3, 0.4) is 0 Å². The zero-order chi connectivity index (χ0) is 24.2. The first-order valence-electron chi connectivity index (χ1n) is 11.5. The van der Waals surface area contributed by atoms with E-state index in [1.807, 2.05) is 56.3 Å². The maximum Gasteiger partial charge on any atom is 0.309 e. The molecule has 180 valence electrons. The number of fused-ring (bicyclic) bond motifs is 1. The standard InChI is InChI=1S/C25H30N4O4S/c1-15(2)33-25(31)18-6-10-20(11-7-18)29-34(32)21-12-13-22-23(14-21)28-24(27-22)17-4-8-19(9-5-17)26-16(3)30/h4-5,8-9,12-15,18,20,29H,6-7,10-11H2,1-3H3,(H,26,30)(H,27,28). The van der Waals surface area contributed by atoms with Gasteiger partial charge in [-0.05, 0) is 82.0 Å². The van der Waals surface area contributed by atoms with Crippen molar-refractivity contribution >= 4 is 39.6 Å². The van der Waals surface area contributed by atoms with Crippen molar-refractivity contribution in [3.8, 4) is 11.4 Å². The van der Waals surface area contributed by atoms with Gasteiger partial charge in [-0.1, -0.05) is 0 Å². The predicted octanol–water partition coefficient (Wildman–Crippen LogP) is 4.31. The second-order valence-electron chi connectivity index (χ2n) is 8.94. The number of imidazole rings is 1. The van der Waals surface area contributed by atoms with E-state index in [-0.39, 0.29) is 29.9 Å². The van der Waals surface area contributed by atoms with E-state index in [1.165, 1.54) is 6.92 Å². The lowest BCUT2D eigenvalue weighted by Crippen LogP contribution is -2.36. The third-order valence-electron chi connectivity index (χ3n) is 5.83. The third-order valence-corrected chi connectivity index (χ3v) is 7.06. The minimum atomic E-state index is -1.37. The highest BCUT2D eigenvalue weighted by Gasteiger charge is 2.28. The number of esters is 1. The Kier molecular flexibility index (Phi) is 7.43. The maximum atomic E-state index is 13.0. The van der Waals surface area contributed by atoms with Crippen molar-refractivity contribution in [3.63, 3.8) is 0 Å². The molecular weight excluding hydrogens is 452 g/mol. The number of aromatic nitrogens is 2. The number of aromatic amines is 1. The zero-order valence-corrected chi connectivity index (χ0v) is 20.4. The molecule has 1 unspecified atom stereocenters. The molecule has 0 saturated heterocycles. The van der Waals surface area contributed by atoms with Gasteiger partial charge in [0.1, 0.15) is 16.8 Å². The Hall–Kier alpha value is -3.04. The van der Waals surface area contributed by atoms with E-state index in [2.05, 4.69) is 20.0 Å². The highest BCUT2D eigenvalue weighted by Crippen LogP contribution is 2.27. The summed E-state index contributed by atoms with van der Waals surface area (Å²) in [5.74, 6) is 0.389. The molecular formula is C25H30N4O4S. The average Bonchev–Trinajstić information content (AvgIpc) is 3.22. The highest BCUT2D eigenvalue weighted by molar-refractivity contribution is 7.83. The van der Waals surface area contributed by atoms with E-state index >= 15 is 0 Å². The van der Waals surface area contributed by atoms with Crippen LogP contribution < -0.4 is 10.0 Å². The molecule has 9 heteroatoms. The summed E-state index contributed by atoms with van der Waals surface area (Å²) < 4.78 is 21.5. The molecule has 3 N–H and O–H groups in total. The number of hydrogen-bond acceptors (Lipinski definition) is 5. The molecule has 4 rings (SSSR count). The first kappa shape index (κ1) is 24.1. The number of carbonyl (C=O) groups excluding carboxylic acids is 2. The second kappa shape index (κ2) is 10.5. The third kappa shape index (κ3) is 5.90. The van der Waals surface area contributed by atoms with Crippen molar-refractivity contribution < 1.29 is 18.5 Å². The smallest absolute Gasteiger partial charge is 0.309 e. The lowest BCUT2D eigenvalue weighted by Gasteiger charge is -2.28. The molecule has 1 saturated carbocycles. The van der Waals surface area contributed by atoms with Gasteiger partial charge in [0.2, 0.25) is 5.91 Å². The topological polar surface area (TPSA) is 113 Å². The summed E-state index contributed by atoms with van der Waals surface area (Å²) in [6.45, 7) is 5.19. The quantitative estimate of drug-likeness (QED) is 0.434. The van der Waals surface area contributed by atoms with Gasteiger partial charge in [0.05, 0.1) is 28.0 Å². The molecule has 1 atom stereocenters. The van der Waals surface area contributed by atoms with E-state index in [4.69, 9.17) is 4.74 Å². The molecule has 34 heavy (non-hydrogen) atoms. The van der Waals surface area contributed by atoms with Crippen LogP contribution in [-0.4, -0.2) is 38.2 Å². The molecule has 1 amide bonds. The van der Waals surface area contributed by atoms with Crippen molar-refractivity contribution in [3.05, 3.63) is 42.5 Å². The predicted molar refractivity (Wildman–Crippen MR) is 132 cm³/mol. The molecule has 1 aliphatic rings. The Morgan fingerprint density at radius 3 is 2.44 bits per heavy atom. The van der Waals surface area contributed by atoms with Gasteiger partial charge in [0.25, 0.3) is 0 Å². The molecule has 8 nitrogen and oxygen atoms in total. The molecule has 1 heterocycles. The number of benzene rings is 2. The minimum Gasteiger partial charge on any atom is -0.463 e. The number of ether oxygens (including phenoxy) is 1. The van der Waals surface area contributed by atoms with Crippen molar-refractivity contribution in [2.45, 2.75) is 63.5 Å². The number of nitrogens with zero attached hydrogens (tertiary/aromatic N) is 1. The van der Waals surface area contributed by atoms with E-state index in [0.717, 1.165) is 48.0 Å². The van der Waals surface area contributed by atoms with Crippen LogP contribution >= 0.6 is 0 Å². The van der Waals surface area contributed by atoms with Crippen molar-refractivity contribution in [2.75, 3.05) is 5.32 Å². The summed E-state index contributed by atoms with van der Waals surface area (Å²) >= 11 is 0. The number of rotatable bonds is 7. The lowest BCUT2D eigenvalue weighted by molar-refractivity contribution is -0.153. The van der Waals surface area contributed by atoms with Crippen LogP contribution in [0.1, 0.15) is 46.5 Å². The van der Waals surface area contributed by atoms with Gasteiger partial charge in [-0.15, -0.1) is 0 Å². The van der Waals surface area contributed by atoms with Crippen LogP contribution in [0.15, 0.2) is 47.4 Å². The van der Waals surface area contributed by atoms with Crippen molar-refractivity contribution in [1.29, 1.82) is 0 Å². The molecule has 0 spiro atoms. The largest absolute Gasteiger partial charge is 0.463 e. The summed E-state index contributed by atoms with van der Waals surface area (Å²) in [4.78, 5) is 31.9. The van der Waals surface area contributed by atoms with E-state index in [9.17, 15) is 13.8 Å². The highest BCUT2D eigenvalue weighted by atomic mass is 32.2. The normalized spacial score (nSPS) is 19.2. The summed E-state index contributed by atoms with van der Waals surface area (Å²) in [5.41, 5.74) is 3.19. The first-order valence-corrected chi connectivity index (χ1v) is 12.7. The van der Waals surface area contributed by atoms with Crippen LogP contribution in [-0.2, 0) is 25.3 Å². The Labute approximate surface area is 201 Å². The van der Waals surface area contributed by atoms with Gasteiger partial charge in [-0.25, -0.2) is 13.9 Å². The monoisotopic (exact) mass is 482 g/mol. The van der Waals surface area contributed by atoms with Gasteiger partial charge < -0.3 is 15.0 Å². The molecule has 0 bridgehead atoms. The fourth-order valence-electron chi connectivity index (χ4n) is 4.15. The molecule has 0 aliphatic heterocycles. The molecule has 1 aromatic heterocycles. The van der Waals surface area contributed by atoms with Crippen LogP contribution in [0.4, 0.5) is 5.69 Å². The number of nitrogens with one attached hydrogen (secondary N) is 3. The fraction of sp³-hybridized carbons (Fsp3) is 0.400. The van der Waals surface area contributed by atoms with Gasteiger partial charge in [0, 0.05) is 24.2 Å². The Morgan fingerprint density at radius 2 is 1.79 bits per heavy atom. The molecule has 1 aliphatic carbocycles.